The molecule has 1 aliphatic carbocycles. The Bertz CT molecular complexity index is 2420. The number of rotatable bonds is 12. The van der Waals surface area contributed by atoms with Gasteiger partial charge in [0.1, 0.15) is 22.2 Å². The Kier molecular flexibility index (Phi) is 12.2. The fraction of sp³-hybridized carbons (Fsp3) is 0.174. The largest absolute Gasteiger partial charge is 0.465 e. The number of hydrogen-bond donors (Lipinski definition) is 3. The summed E-state index contributed by atoms with van der Waals surface area (Å²) >= 11 is 2.80. The van der Waals surface area contributed by atoms with Crippen LogP contribution < -0.4 is 16.0 Å². The van der Waals surface area contributed by atoms with Crippen LogP contribution in [-0.4, -0.2) is 36.1 Å². The monoisotopic (exact) mass is 795 g/mol. The highest BCUT2D eigenvalue weighted by Crippen LogP contribution is 2.43. The first kappa shape index (κ1) is 39.1. The van der Waals surface area contributed by atoms with Gasteiger partial charge in [-0.1, -0.05) is 78.4 Å². The average Bonchev–Trinajstić information content (AvgIpc) is 3.85. The van der Waals surface area contributed by atoms with Crippen LogP contribution in [0.4, 0.5) is 10.7 Å². The van der Waals surface area contributed by atoms with Gasteiger partial charge in [0.05, 0.1) is 17.9 Å². The zero-order valence-corrected chi connectivity index (χ0v) is 33.3. The van der Waals surface area contributed by atoms with Gasteiger partial charge in [-0.05, 0) is 98.7 Å². The van der Waals surface area contributed by atoms with E-state index in [0.717, 1.165) is 45.7 Å². The van der Waals surface area contributed by atoms with Crippen LogP contribution in [0.15, 0.2) is 136 Å². The van der Waals surface area contributed by atoms with Crippen LogP contribution in [0, 0.1) is 6.92 Å². The second kappa shape index (κ2) is 17.7. The molecule has 0 spiro atoms. The van der Waals surface area contributed by atoms with Crippen molar-refractivity contribution in [3.05, 3.63) is 165 Å². The molecule has 57 heavy (non-hydrogen) atoms. The lowest BCUT2D eigenvalue weighted by atomic mass is 9.83. The fourth-order valence-corrected chi connectivity index (χ4v) is 8.86. The standard InChI is InChI=1S/C46H41N3O6S2/c1-28-14-16-31(17-15-28)39-25-21-35(55-39)27-38(48-43(51)32-12-8-5-9-13-32)44(52)47-34-19-22-36(23-20-34)56-29(2)42(50)49-45-41(46(53)54-3)37-24-18-33(26-40(37)57-45)30-10-6-4-7-11-30/h4-17,19-23,25,27,29,33H,18,24,26H2,1-3H3,(H,47,52)(H,48,51)(H,49,50)/b38-27-/t29-,33+/m0/s1. The molecular formula is C46H41N3O6S2. The molecule has 0 fully saturated rings. The Balaban J connectivity index is 1.02. The molecule has 2 heterocycles. The maximum Gasteiger partial charge on any atom is 0.341 e. The molecule has 1 aliphatic rings. The van der Waals surface area contributed by atoms with E-state index in [2.05, 4.69) is 28.1 Å². The summed E-state index contributed by atoms with van der Waals surface area (Å²) in [5, 5.41) is 8.63. The lowest BCUT2D eigenvalue weighted by Gasteiger charge is -2.22. The highest BCUT2D eigenvalue weighted by molar-refractivity contribution is 8.00. The number of benzene rings is 4. The number of anilines is 2. The van der Waals surface area contributed by atoms with Crippen LogP contribution in [-0.2, 0) is 27.2 Å². The third-order valence-electron chi connectivity index (χ3n) is 9.74. The summed E-state index contributed by atoms with van der Waals surface area (Å²) in [6.07, 6.45) is 3.93. The Morgan fingerprint density at radius 1 is 0.860 bits per heavy atom. The number of ether oxygens (including phenoxy) is 1. The van der Waals surface area contributed by atoms with E-state index in [1.807, 2.05) is 73.7 Å². The van der Waals surface area contributed by atoms with Crippen molar-refractivity contribution in [2.24, 2.45) is 0 Å². The van der Waals surface area contributed by atoms with Crippen molar-refractivity contribution >= 4 is 63.6 Å². The lowest BCUT2D eigenvalue weighted by Crippen LogP contribution is -2.30. The van der Waals surface area contributed by atoms with E-state index >= 15 is 0 Å². The average molecular weight is 796 g/mol. The van der Waals surface area contributed by atoms with E-state index in [9.17, 15) is 19.2 Å². The number of aryl methyl sites for hydroxylation is 1. The third-order valence-corrected chi connectivity index (χ3v) is 12.0. The van der Waals surface area contributed by atoms with Crippen LogP contribution in [0.1, 0.15) is 67.3 Å². The molecule has 3 N–H and O–H groups in total. The Labute approximate surface area is 339 Å². The molecule has 11 heteroatoms. The third kappa shape index (κ3) is 9.45. The number of furan rings is 1. The van der Waals surface area contributed by atoms with Gasteiger partial charge in [-0.15, -0.1) is 23.1 Å². The summed E-state index contributed by atoms with van der Waals surface area (Å²) in [6.45, 7) is 3.81. The van der Waals surface area contributed by atoms with Gasteiger partial charge in [-0.25, -0.2) is 4.79 Å². The van der Waals surface area contributed by atoms with Gasteiger partial charge < -0.3 is 25.1 Å². The van der Waals surface area contributed by atoms with E-state index in [1.54, 1.807) is 49.4 Å². The van der Waals surface area contributed by atoms with Gasteiger partial charge in [-0.3, -0.25) is 14.4 Å². The van der Waals surface area contributed by atoms with Crippen LogP contribution in [0.2, 0.25) is 0 Å². The van der Waals surface area contributed by atoms with Gasteiger partial charge in [0.2, 0.25) is 5.91 Å². The second-order valence-electron chi connectivity index (χ2n) is 13.7. The number of fused-ring (bicyclic) bond motifs is 1. The first-order valence-corrected chi connectivity index (χ1v) is 20.3. The van der Waals surface area contributed by atoms with Crippen molar-refractivity contribution in [1.82, 2.24) is 5.32 Å². The molecule has 0 saturated carbocycles. The summed E-state index contributed by atoms with van der Waals surface area (Å²) in [4.78, 5) is 55.2. The van der Waals surface area contributed by atoms with E-state index < -0.39 is 23.0 Å². The molecule has 3 amide bonds. The normalized spacial score (nSPS) is 14.2. The Morgan fingerprint density at radius 2 is 1.56 bits per heavy atom. The minimum absolute atomic E-state index is 0.00503. The van der Waals surface area contributed by atoms with Crippen molar-refractivity contribution in [1.29, 1.82) is 0 Å². The molecule has 6 aromatic rings. The van der Waals surface area contributed by atoms with Gasteiger partial charge in [-0.2, -0.15) is 0 Å². The SMILES string of the molecule is COC(=O)c1c(NC(=O)[C@H](C)Sc2ccc(NC(=O)/C(=C/c3ccc(-c4ccc(C)cc4)o3)NC(=O)c3ccccc3)cc2)sc2c1CC[C@@H](c1ccccc1)C2. The number of thioether (sulfide) groups is 1. The molecule has 9 nitrogen and oxygen atoms in total. The van der Waals surface area contributed by atoms with Gasteiger partial charge in [0, 0.05) is 32.7 Å². The van der Waals surface area contributed by atoms with Crippen LogP contribution in [0.5, 0.6) is 0 Å². The first-order chi connectivity index (χ1) is 27.6. The number of nitrogens with one attached hydrogen (secondary N) is 3. The number of hydrogen-bond acceptors (Lipinski definition) is 8. The first-order valence-electron chi connectivity index (χ1n) is 18.6. The molecule has 0 saturated heterocycles. The second-order valence-corrected chi connectivity index (χ2v) is 16.2. The van der Waals surface area contributed by atoms with Crippen molar-refractivity contribution in [2.45, 2.75) is 49.2 Å². The molecule has 2 aromatic heterocycles. The van der Waals surface area contributed by atoms with Crippen molar-refractivity contribution in [3.63, 3.8) is 0 Å². The van der Waals surface area contributed by atoms with Crippen molar-refractivity contribution in [2.75, 3.05) is 17.7 Å². The Morgan fingerprint density at radius 3 is 2.26 bits per heavy atom. The lowest BCUT2D eigenvalue weighted by molar-refractivity contribution is -0.115. The molecule has 0 unspecified atom stereocenters. The summed E-state index contributed by atoms with van der Waals surface area (Å²) in [5.74, 6) is -0.323. The Hall–Kier alpha value is -6.17. The fourth-order valence-electron chi connectivity index (χ4n) is 6.68. The number of amides is 3. The molecule has 0 radical (unpaired) electrons. The molecule has 0 bridgehead atoms. The summed E-state index contributed by atoms with van der Waals surface area (Å²) in [5.41, 5.74) is 5.56. The molecular weight excluding hydrogens is 755 g/mol. The smallest absolute Gasteiger partial charge is 0.341 e. The molecule has 7 rings (SSSR count). The van der Waals surface area contributed by atoms with Crippen molar-refractivity contribution < 1.29 is 28.3 Å². The van der Waals surface area contributed by atoms with Crippen LogP contribution in [0.25, 0.3) is 17.4 Å². The number of carbonyl (C=O) groups is 4. The predicted molar refractivity (Wildman–Crippen MR) is 227 cm³/mol. The molecule has 4 aromatic carbocycles. The number of carbonyl (C=O) groups excluding carboxylic acids is 4. The molecule has 288 valence electrons. The van der Waals surface area contributed by atoms with E-state index in [-0.39, 0.29) is 11.6 Å². The number of thiophene rings is 1. The van der Waals surface area contributed by atoms with Gasteiger partial charge in [0.25, 0.3) is 11.8 Å². The minimum Gasteiger partial charge on any atom is -0.465 e. The summed E-state index contributed by atoms with van der Waals surface area (Å²) < 4.78 is 11.2. The van der Waals surface area contributed by atoms with Crippen LogP contribution >= 0.6 is 23.1 Å². The summed E-state index contributed by atoms with van der Waals surface area (Å²) in [6, 6.07) is 37.5. The van der Waals surface area contributed by atoms with Crippen LogP contribution in [0.3, 0.4) is 0 Å². The molecule has 0 aliphatic heterocycles. The maximum atomic E-state index is 13.7. The number of methoxy groups -OCH3 is 1. The van der Waals surface area contributed by atoms with E-state index in [1.165, 1.54) is 41.8 Å². The van der Waals surface area contributed by atoms with Gasteiger partial charge in [0.15, 0.2) is 0 Å². The highest BCUT2D eigenvalue weighted by Gasteiger charge is 2.31. The quantitative estimate of drug-likeness (QED) is 0.0640. The van der Waals surface area contributed by atoms with E-state index in [0.29, 0.717) is 39.3 Å². The zero-order chi connectivity index (χ0) is 39.9. The summed E-state index contributed by atoms with van der Waals surface area (Å²) in [7, 11) is 1.36. The van der Waals surface area contributed by atoms with Crippen molar-refractivity contribution in [3.8, 4) is 11.3 Å². The van der Waals surface area contributed by atoms with Gasteiger partial charge >= 0.3 is 5.97 Å². The number of esters is 1. The predicted octanol–water partition coefficient (Wildman–Crippen LogP) is 9.90. The zero-order valence-electron chi connectivity index (χ0n) is 31.7. The highest BCUT2D eigenvalue weighted by atomic mass is 32.2. The maximum absolute atomic E-state index is 13.7. The minimum atomic E-state index is -0.545. The van der Waals surface area contributed by atoms with E-state index in [4.69, 9.17) is 9.15 Å². The topological polar surface area (TPSA) is 127 Å². The molecule has 2 atom stereocenters.